The molecule has 0 aliphatic heterocycles. The third-order valence-corrected chi connectivity index (χ3v) is 6.97. The maximum atomic E-state index is 6.26. The summed E-state index contributed by atoms with van der Waals surface area (Å²) >= 11 is 14.9. The maximum Gasteiger partial charge on any atom is 0.0874 e. The fourth-order valence-corrected chi connectivity index (χ4v) is 4.98. The first kappa shape index (κ1) is 15.6. The molecule has 0 spiro atoms. The van der Waals surface area contributed by atoms with Crippen molar-refractivity contribution in [2.24, 2.45) is 0 Å². The van der Waals surface area contributed by atoms with Crippen LogP contribution in [0.25, 0.3) is 0 Å². The van der Waals surface area contributed by atoms with Crippen LogP contribution in [0.2, 0.25) is 10.0 Å². The summed E-state index contributed by atoms with van der Waals surface area (Å²) in [5, 5.41) is 4.70. The van der Waals surface area contributed by atoms with Crippen molar-refractivity contribution in [3.63, 3.8) is 0 Å². The van der Waals surface area contributed by atoms with Crippen molar-refractivity contribution in [2.45, 2.75) is 22.3 Å². The van der Waals surface area contributed by atoms with Crippen molar-refractivity contribution in [3.8, 4) is 0 Å². The average Bonchev–Trinajstić information content (AvgIpc) is 2.50. The number of hydrogen-bond acceptors (Lipinski definition) is 1. The number of fused-ring (bicyclic) bond motifs is 1. The van der Waals surface area contributed by atoms with E-state index in [4.69, 9.17) is 23.2 Å². The molecule has 1 aliphatic rings. The summed E-state index contributed by atoms with van der Waals surface area (Å²) in [6, 6.07) is 15.0. The van der Waals surface area contributed by atoms with Gasteiger partial charge in [0, 0.05) is 6.04 Å². The van der Waals surface area contributed by atoms with Gasteiger partial charge < -0.3 is 5.32 Å². The van der Waals surface area contributed by atoms with Gasteiger partial charge >= 0.3 is 0 Å². The normalized spacial score (nSPS) is 24.7. The first-order valence-electron chi connectivity index (χ1n) is 6.97. The topological polar surface area (TPSA) is 12.0 Å². The minimum Gasteiger partial charge on any atom is -0.315 e. The fraction of sp³-hybridized carbons (Fsp3) is 0.294. The summed E-state index contributed by atoms with van der Waals surface area (Å²) in [5.74, 6) is 0. The van der Waals surface area contributed by atoms with E-state index in [2.05, 4.69) is 58.2 Å². The molecule has 4 heteroatoms. The molecule has 2 aromatic rings. The van der Waals surface area contributed by atoms with Crippen molar-refractivity contribution in [1.82, 2.24) is 5.32 Å². The number of halogens is 3. The molecule has 0 bridgehead atoms. The molecule has 1 N–H and O–H groups in total. The number of benzene rings is 2. The molecule has 0 fully saturated rings. The van der Waals surface area contributed by atoms with Crippen molar-refractivity contribution in [2.75, 3.05) is 7.05 Å². The molecule has 0 saturated carbocycles. The summed E-state index contributed by atoms with van der Waals surface area (Å²) in [4.78, 5) is 0. The zero-order valence-corrected chi connectivity index (χ0v) is 15.3. The highest BCUT2D eigenvalue weighted by atomic mass is 127. The Morgan fingerprint density at radius 2 is 1.90 bits per heavy atom. The van der Waals surface area contributed by atoms with Crippen LogP contribution in [-0.2, 0) is 9.84 Å². The number of rotatable bonds is 2. The minimum absolute atomic E-state index is 0.129. The number of hydrogen-bond donors (Lipinski definition) is 1. The number of likely N-dealkylation sites (N-methyl/N-ethyl adjacent to an activating group) is 1. The van der Waals surface area contributed by atoms with Crippen molar-refractivity contribution < 1.29 is 0 Å². The van der Waals surface area contributed by atoms with Gasteiger partial charge in [-0.15, -0.1) is 0 Å². The first-order chi connectivity index (χ1) is 10.1. The molecule has 0 heterocycles. The highest BCUT2D eigenvalue weighted by molar-refractivity contribution is 14.1. The quantitative estimate of drug-likeness (QED) is 0.508. The van der Waals surface area contributed by atoms with E-state index in [0.717, 1.165) is 12.8 Å². The second-order valence-corrected chi connectivity index (χ2v) is 7.89. The standard InChI is InChI=1S/C17H16Cl2IN/c1-21-16-9-6-11-4-2-3-5-13(11)17(16,20)12-7-8-14(18)15(19)10-12/h2-5,7-8,10,16,21H,6,9H2,1H3. The van der Waals surface area contributed by atoms with E-state index in [1.54, 1.807) is 0 Å². The van der Waals surface area contributed by atoms with E-state index < -0.39 is 0 Å². The van der Waals surface area contributed by atoms with Gasteiger partial charge in [-0.25, -0.2) is 0 Å². The van der Waals surface area contributed by atoms with E-state index in [9.17, 15) is 0 Å². The lowest BCUT2D eigenvalue weighted by Crippen LogP contribution is -2.47. The van der Waals surface area contributed by atoms with Gasteiger partial charge in [0.15, 0.2) is 0 Å². The van der Waals surface area contributed by atoms with Crippen LogP contribution in [0.3, 0.4) is 0 Å². The Bertz CT molecular complexity index is 674. The third kappa shape index (κ3) is 2.61. The van der Waals surface area contributed by atoms with Crippen molar-refractivity contribution >= 4 is 45.8 Å². The van der Waals surface area contributed by atoms with Gasteiger partial charge in [-0.1, -0.05) is 76.1 Å². The number of nitrogens with one attached hydrogen (secondary N) is 1. The van der Waals surface area contributed by atoms with E-state index in [0.29, 0.717) is 16.1 Å². The van der Waals surface area contributed by atoms with Crippen LogP contribution in [0.4, 0.5) is 0 Å². The molecule has 0 saturated heterocycles. The van der Waals surface area contributed by atoms with Gasteiger partial charge in [0.05, 0.1) is 13.5 Å². The largest absolute Gasteiger partial charge is 0.315 e. The summed E-state index contributed by atoms with van der Waals surface area (Å²) in [6.07, 6.45) is 2.21. The summed E-state index contributed by atoms with van der Waals surface area (Å²) < 4.78 is -0.129. The van der Waals surface area contributed by atoms with Gasteiger partial charge in [-0.3, -0.25) is 0 Å². The van der Waals surface area contributed by atoms with Crippen molar-refractivity contribution in [3.05, 3.63) is 69.2 Å². The molecule has 21 heavy (non-hydrogen) atoms. The molecule has 110 valence electrons. The van der Waals surface area contributed by atoms with Gasteiger partial charge in [0.25, 0.3) is 0 Å². The lowest BCUT2D eigenvalue weighted by Gasteiger charge is -2.42. The maximum absolute atomic E-state index is 6.26. The van der Waals surface area contributed by atoms with Crippen molar-refractivity contribution in [1.29, 1.82) is 0 Å². The average molecular weight is 432 g/mol. The van der Waals surface area contributed by atoms with Gasteiger partial charge in [-0.05, 0) is 48.7 Å². The van der Waals surface area contributed by atoms with E-state index >= 15 is 0 Å². The Balaban J connectivity index is 2.21. The molecule has 2 unspecified atom stereocenters. The fourth-order valence-electron chi connectivity index (χ4n) is 3.20. The van der Waals surface area contributed by atoms with Gasteiger partial charge in [0.1, 0.15) is 0 Å². The van der Waals surface area contributed by atoms with E-state index in [1.807, 2.05) is 19.2 Å². The molecule has 1 nitrogen and oxygen atoms in total. The first-order valence-corrected chi connectivity index (χ1v) is 8.81. The Kier molecular flexibility index (Phi) is 4.51. The molecule has 3 rings (SSSR count). The van der Waals surface area contributed by atoms with Crippen LogP contribution >= 0.6 is 45.8 Å². The predicted molar refractivity (Wildman–Crippen MR) is 98.9 cm³/mol. The Morgan fingerprint density at radius 3 is 2.62 bits per heavy atom. The van der Waals surface area contributed by atoms with E-state index in [-0.39, 0.29) is 3.42 Å². The minimum atomic E-state index is -0.129. The molecular weight excluding hydrogens is 416 g/mol. The molecule has 2 aromatic carbocycles. The Labute approximate surface area is 149 Å². The molecular formula is C17H16Cl2IN. The van der Waals surface area contributed by atoms with Crippen LogP contribution in [0, 0.1) is 0 Å². The second-order valence-electron chi connectivity index (χ2n) is 5.38. The monoisotopic (exact) mass is 431 g/mol. The zero-order valence-electron chi connectivity index (χ0n) is 11.7. The summed E-state index contributed by atoms with van der Waals surface area (Å²) in [5.41, 5.74) is 3.99. The van der Waals surface area contributed by atoms with Crippen LogP contribution < -0.4 is 5.32 Å². The lowest BCUT2D eigenvalue weighted by molar-refractivity contribution is 0.435. The van der Waals surface area contributed by atoms with Crippen LogP contribution in [0.15, 0.2) is 42.5 Å². The predicted octanol–water partition coefficient (Wildman–Crippen LogP) is 5.21. The highest BCUT2D eigenvalue weighted by Gasteiger charge is 2.43. The summed E-state index contributed by atoms with van der Waals surface area (Å²) in [7, 11) is 2.03. The number of aryl methyl sites for hydroxylation is 1. The smallest absolute Gasteiger partial charge is 0.0874 e. The Hall–Kier alpha value is -0.290. The van der Waals surface area contributed by atoms with Crippen LogP contribution in [0.5, 0.6) is 0 Å². The third-order valence-electron chi connectivity index (χ3n) is 4.28. The second kappa shape index (κ2) is 6.07. The van der Waals surface area contributed by atoms with E-state index in [1.165, 1.54) is 16.7 Å². The summed E-state index contributed by atoms with van der Waals surface area (Å²) in [6.45, 7) is 0. The molecule has 1 aliphatic carbocycles. The zero-order chi connectivity index (χ0) is 15.0. The molecule has 0 radical (unpaired) electrons. The SMILES string of the molecule is CNC1CCc2ccccc2C1(I)c1ccc(Cl)c(Cl)c1. The molecule has 0 aromatic heterocycles. The number of alkyl halides is 1. The molecule has 2 atom stereocenters. The van der Waals surface area contributed by atoms with Crippen LogP contribution in [-0.4, -0.2) is 13.1 Å². The molecule has 0 amide bonds. The highest BCUT2D eigenvalue weighted by Crippen LogP contribution is 2.48. The van der Waals surface area contributed by atoms with Gasteiger partial charge in [-0.2, -0.15) is 0 Å². The van der Waals surface area contributed by atoms with Crippen LogP contribution in [0.1, 0.15) is 23.1 Å². The van der Waals surface area contributed by atoms with Gasteiger partial charge in [0.2, 0.25) is 0 Å². The Morgan fingerprint density at radius 1 is 1.14 bits per heavy atom. The lowest BCUT2D eigenvalue weighted by atomic mass is 9.75.